The van der Waals surface area contributed by atoms with Crippen molar-refractivity contribution >= 4 is 17.6 Å². The zero-order valence-electron chi connectivity index (χ0n) is 12.3. The largest absolute Gasteiger partial charge is 0.481 e. The number of carbonyl (C=O) groups excluding carboxylic acids is 1. The lowest BCUT2D eigenvalue weighted by molar-refractivity contribution is -0.138. The smallest absolute Gasteiger partial charge is 0.304 e. The minimum Gasteiger partial charge on any atom is -0.481 e. The second-order valence-electron chi connectivity index (χ2n) is 4.88. The number of anilines is 1. The topological polar surface area (TPSA) is 69.6 Å². The monoisotopic (exact) mass is 296 g/mol. The first kappa shape index (κ1) is 17.1. The molecule has 6 heteroatoms. The van der Waals surface area contributed by atoms with Gasteiger partial charge in [-0.15, -0.1) is 0 Å². The fourth-order valence-electron chi connectivity index (χ4n) is 2.11. The average molecular weight is 296 g/mol. The van der Waals surface area contributed by atoms with Crippen LogP contribution in [0.15, 0.2) is 24.3 Å². The Kier molecular flexibility index (Phi) is 6.81. The van der Waals surface area contributed by atoms with Crippen molar-refractivity contribution in [2.45, 2.75) is 32.7 Å². The fourth-order valence-corrected chi connectivity index (χ4v) is 2.11. The van der Waals surface area contributed by atoms with Gasteiger partial charge in [-0.3, -0.25) is 14.5 Å². The van der Waals surface area contributed by atoms with Crippen molar-refractivity contribution in [2.24, 2.45) is 0 Å². The third kappa shape index (κ3) is 6.35. The molecule has 0 saturated carbocycles. The van der Waals surface area contributed by atoms with Gasteiger partial charge in [0.1, 0.15) is 5.82 Å². The number of carboxylic acids is 1. The van der Waals surface area contributed by atoms with E-state index < -0.39 is 11.8 Å². The normalized spacial score (nSPS) is 12.2. The second kappa shape index (κ2) is 8.36. The van der Waals surface area contributed by atoms with Crippen molar-refractivity contribution in [1.29, 1.82) is 0 Å². The Morgan fingerprint density at radius 2 is 2.14 bits per heavy atom. The standard InChI is InChI=1S/C15H21FN2O3/c1-3-18(11(2)9-15(20)21)8-7-14(19)17-13-6-4-5-12(16)10-13/h4-6,10-11H,3,7-9H2,1-2H3,(H,17,19)(H,20,21). The summed E-state index contributed by atoms with van der Waals surface area (Å²) < 4.78 is 13.0. The molecule has 1 rings (SSSR count). The molecule has 1 atom stereocenters. The molecule has 0 aromatic heterocycles. The summed E-state index contributed by atoms with van der Waals surface area (Å²) in [5.41, 5.74) is 0.418. The van der Waals surface area contributed by atoms with Gasteiger partial charge in [0.15, 0.2) is 0 Å². The summed E-state index contributed by atoms with van der Waals surface area (Å²) in [4.78, 5) is 24.4. The van der Waals surface area contributed by atoms with Crippen molar-refractivity contribution in [2.75, 3.05) is 18.4 Å². The van der Waals surface area contributed by atoms with Crippen LogP contribution in [-0.2, 0) is 9.59 Å². The molecular weight excluding hydrogens is 275 g/mol. The molecule has 1 aromatic rings. The number of nitrogens with one attached hydrogen (secondary N) is 1. The summed E-state index contributed by atoms with van der Waals surface area (Å²) in [6, 6.07) is 5.57. The van der Waals surface area contributed by atoms with Crippen LogP contribution in [0.25, 0.3) is 0 Å². The molecule has 0 aliphatic rings. The predicted octanol–water partition coefficient (Wildman–Crippen LogP) is 2.34. The Bertz CT molecular complexity index is 494. The highest BCUT2D eigenvalue weighted by molar-refractivity contribution is 5.90. The van der Waals surface area contributed by atoms with Crippen LogP contribution >= 0.6 is 0 Å². The molecular formula is C15H21FN2O3. The van der Waals surface area contributed by atoms with E-state index in [1.54, 1.807) is 6.07 Å². The van der Waals surface area contributed by atoms with Gasteiger partial charge in [0.05, 0.1) is 6.42 Å². The van der Waals surface area contributed by atoms with Crippen molar-refractivity contribution in [3.05, 3.63) is 30.1 Å². The number of benzene rings is 1. The van der Waals surface area contributed by atoms with Gasteiger partial charge in [-0.2, -0.15) is 0 Å². The Morgan fingerprint density at radius 1 is 1.43 bits per heavy atom. The zero-order chi connectivity index (χ0) is 15.8. The molecule has 1 unspecified atom stereocenters. The number of nitrogens with zero attached hydrogens (tertiary/aromatic N) is 1. The maximum absolute atomic E-state index is 13.0. The first-order valence-corrected chi connectivity index (χ1v) is 6.93. The van der Waals surface area contributed by atoms with Crippen LogP contribution in [0.2, 0.25) is 0 Å². The third-order valence-corrected chi connectivity index (χ3v) is 3.23. The van der Waals surface area contributed by atoms with Gasteiger partial charge in [-0.1, -0.05) is 13.0 Å². The third-order valence-electron chi connectivity index (χ3n) is 3.23. The lowest BCUT2D eigenvalue weighted by Gasteiger charge is -2.26. The van der Waals surface area contributed by atoms with E-state index in [2.05, 4.69) is 5.32 Å². The van der Waals surface area contributed by atoms with Crippen molar-refractivity contribution in [3.8, 4) is 0 Å². The minimum absolute atomic E-state index is 0.0410. The molecule has 2 N–H and O–H groups in total. The van der Waals surface area contributed by atoms with Crippen LogP contribution < -0.4 is 5.32 Å². The average Bonchev–Trinajstić information content (AvgIpc) is 2.38. The van der Waals surface area contributed by atoms with E-state index in [4.69, 9.17) is 5.11 Å². The van der Waals surface area contributed by atoms with Crippen molar-refractivity contribution < 1.29 is 19.1 Å². The number of hydrogen-bond donors (Lipinski definition) is 2. The number of rotatable bonds is 8. The number of amides is 1. The van der Waals surface area contributed by atoms with Gasteiger partial charge in [-0.05, 0) is 31.7 Å². The molecule has 21 heavy (non-hydrogen) atoms. The molecule has 0 aliphatic carbocycles. The zero-order valence-corrected chi connectivity index (χ0v) is 12.3. The summed E-state index contributed by atoms with van der Waals surface area (Å²) in [6.45, 7) is 4.87. The molecule has 1 aromatic carbocycles. The number of carbonyl (C=O) groups is 2. The Balaban J connectivity index is 2.45. The Labute approximate surface area is 123 Å². The quantitative estimate of drug-likeness (QED) is 0.772. The fraction of sp³-hybridized carbons (Fsp3) is 0.467. The van der Waals surface area contributed by atoms with Crippen LogP contribution in [0.3, 0.4) is 0 Å². The van der Waals surface area contributed by atoms with Crippen LogP contribution in [0, 0.1) is 5.82 Å². The van der Waals surface area contributed by atoms with Gasteiger partial charge in [0, 0.05) is 24.7 Å². The van der Waals surface area contributed by atoms with E-state index in [-0.39, 0.29) is 24.8 Å². The van der Waals surface area contributed by atoms with E-state index >= 15 is 0 Å². The summed E-state index contributed by atoms with van der Waals surface area (Å²) in [5, 5.41) is 11.4. The van der Waals surface area contributed by atoms with Crippen molar-refractivity contribution in [3.63, 3.8) is 0 Å². The predicted molar refractivity (Wildman–Crippen MR) is 78.6 cm³/mol. The summed E-state index contributed by atoms with van der Waals surface area (Å²) in [7, 11) is 0. The number of hydrogen-bond acceptors (Lipinski definition) is 3. The Morgan fingerprint density at radius 3 is 2.71 bits per heavy atom. The van der Waals surface area contributed by atoms with Gasteiger partial charge in [-0.25, -0.2) is 4.39 Å². The van der Waals surface area contributed by atoms with E-state index in [1.165, 1.54) is 18.2 Å². The molecule has 5 nitrogen and oxygen atoms in total. The van der Waals surface area contributed by atoms with Crippen LogP contribution in [-0.4, -0.2) is 41.0 Å². The maximum atomic E-state index is 13.0. The number of carboxylic acid groups (broad SMARTS) is 1. The molecule has 0 radical (unpaired) electrons. The lowest BCUT2D eigenvalue weighted by Crippen LogP contribution is -2.36. The molecule has 0 fully saturated rings. The molecule has 0 aliphatic heterocycles. The second-order valence-corrected chi connectivity index (χ2v) is 4.88. The van der Waals surface area contributed by atoms with E-state index in [9.17, 15) is 14.0 Å². The van der Waals surface area contributed by atoms with Gasteiger partial charge in [0.25, 0.3) is 0 Å². The molecule has 0 spiro atoms. The summed E-state index contributed by atoms with van der Waals surface area (Å²) in [5.74, 6) is -1.48. The van der Waals surface area contributed by atoms with E-state index in [1.807, 2.05) is 18.7 Å². The van der Waals surface area contributed by atoms with Gasteiger partial charge >= 0.3 is 5.97 Å². The number of aliphatic carboxylic acids is 1. The number of halogens is 1. The highest BCUT2D eigenvalue weighted by Gasteiger charge is 2.16. The summed E-state index contributed by atoms with van der Waals surface area (Å²) in [6.07, 6.45) is 0.271. The minimum atomic E-state index is -0.856. The maximum Gasteiger partial charge on any atom is 0.304 e. The SMILES string of the molecule is CCN(CCC(=O)Nc1cccc(F)c1)C(C)CC(=O)O. The van der Waals surface area contributed by atoms with Crippen molar-refractivity contribution in [1.82, 2.24) is 4.90 Å². The van der Waals surface area contributed by atoms with Crippen LogP contribution in [0.1, 0.15) is 26.7 Å². The highest BCUT2D eigenvalue weighted by Crippen LogP contribution is 2.10. The molecule has 0 saturated heterocycles. The summed E-state index contributed by atoms with van der Waals surface area (Å²) >= 11 is 0. The lowest BCUT2D eigenvalue weighted by atomic mass is 10.2. The van der Waals surface area contributed by atoms with Crippen LogP contribution in [0.5, 0.6) is 0 Å². The molecule has 1 amide bonds. The molecule has 0 heterocycles. The first-order chi connectivity index (χ1) is 9.92. The molecule has 116 valence electrons. The van der Waals surface area contributed by atoms with Gasteiger partial charge < -0.3 is 10.4 Å². The molecule has 0 bridgehead atoms. The first-order valence-electron chi connectivity index (χ1n) is 6.93. The highest BCUT2D eigenvalue weighted by atomic mass is 19.1. The van der Waals surface area contributed by atoms with E-state index in [0.717, 1.165) is 0 Å². The van der Waals surface area contributed by atoms with E-state index in [0.29, 0.717) is 18.8 Å². The Hall–Kier alpha value is -1.95. The van der Waals surface area contributed by atoms with Gasteiger partial charge in [0.2, 0.25) is 5.91 Å². The van der Waals surface area contributed by atoms with Crippen LogP contribution in [0.4, 0.5) is 10.1 Å².